The van der Waals surface area contributed by atoms with Gasteiger partial charge in [0.2, 0.25) is 0 Å². The molecule has 96 valence electrons. The molecule has 0 aliphatic heterocycles. The van der Waals surface area contributed by atoms with Gasteiger partial charge in [0.25, 0.3) is 9.05 Å². The van der Waals surface area contributed by atoms with E-state index in [0.717, 1.165) is 5.56 Å². The summed E-state index contributed by atoms with van der Waals surface area (Å²) in [5.41, 5.74) is 1.61. The molecule has 0 bridgehead atoms. The number of fused-ring (bicyclic) bond motifs is 1. The first kappa shape index (κ1) is 12.9. The Labute approximate surface area is 108 Å². The van der Waals surface area contributed by atoms with E-state index in [4.69, 9.17) is 15.8 Å². The van der Waals surface area contributed by atoms with Crippen molar-refractivity contribution in [3.63, 3.8) is 0 Å². The molecule has 0 aliphatic carbocycles. The van der Waals surface area contributed by atoms with E-state index < -0.39 is 15.0 Å². The predicted octanol–water partition coefficient (Wildman–Crippen LogP) is 2.41. The normalized spacial score (nSPS) is 11.9. The van der Waals surface area contributed by atoms with Crippen LogP contribution in [0.5, 0.6) is 0 Å². The lowest BCUT2D eigenvalue weighted by Crippen LogP contribution is -1.97. The topological polar surface area (TPSA) is 87.2 Å². The number of carboxylic acid groups (broad SMARTS) is 1. The molecule has 0 spiro atoms. The fourth-order valence-corrected chi connectivity index (χ4v) is 3.46. The summed E-state index contributed by atoms with van der Waals surface area (Å²) in [7, 11) is 1.48. The molecule has 18 heavy (non-hydrogen) atoms. The zero-order valence-corrected chi connectivity index (χ0v) is 11.2. The van der Waals surface area contributed by atoms with Crippen LogP contribution in [0.25, 0.3) is 10.9 Å². The third kappa shape index (κ3) is 1.97. The molecule has 0 aliphatic rings. The number of hydrogen-bond donors (Lipinski definition) is 2. The van der Waals surface area contributed by atoms with Crippen molar-refractivity contribution in [1.29, 1.82) is 0 Å². The van der Waals surface area contributed by atoms with Gasteiger partial charge in [0.15, 0.2) is 0 Å². The van der Waals surface area contributed by atoms with Crippen LogP contribution in [0.4, 0.5) is 0 Å². The minimum absolute atomic E-state index is 0.0390. The second-order valence-electron chi connectivity index (χ2n) is 4.03. The molecular weight excluding hydrogens is 278 g/mol. The van der Waals surface area contributed by atoms with E-state index in [1.807, 2.05) is 0 Å². The summed E-state index contributed by atoms with van der Waals surface area (Å²) >= 11 is 0. The second-order valence-corrected chi connectivity index (χ2v) is 6.54. The van der Waals surface area contributed by atoms with Crippen LogP contribution in [0.3, 0.4) is 0 Å². The number of carbonyl (C=O) groups is 1. The van der Waals surface area contributed by atoms with Crippen molar-refractivity contribution in [2.75, 3.05) is 0 Å². The van der Waals surface area contributed by atoms with Crippen LogP contribution in [-0.2, 0) is 9.05 Å². The Morgan fingerprint density at radius 2 is 1.94 bits per heavy atom. The first-order valence-electron chi connectivity index (χ1n) is 5.02. The summed E-state index contributed by atoms with van der Waals surface area (Å²) in [6.45, 7) is 3.37. The second kappa shape index (κ2) is 4.00. The van der Waals surface area contributed by atoms with Crippen LogP contribution in [0, 0.1) is 13.8 Å². The van der Waals surface area contributed by atoms with Crippen molar-refractivity contribution >= 4 is 36.6 Å². The predicted molar refractivity (Wildman–Crippen MR) is 67.8 cm³/mol. The average molecular weight is 288 g/mol. The van der Waals surface area contributed by atoms with Crippen LogP contribution in [0.1, 0.15) is 21.6 Å². The van der Waals surface area contributed by atoms with E-state index >= 15 is 0 Å². The van der Waals surface area contributed by atoms with E-state index in [1.165, 1.54) is 6.07 Å². The van der Waals surface area contributed by atoms with Crippen LogP contribution >= 0.6 is 10.7 Å². The molecule has 0 saturated carbocycles. The van der Waals surface area contributed by atoms with E-state index in [9.17, 15) is 13.2 Å². The Kier molecular flexibility index (Phi) is 2.87. The maximum absolute atomic E-state index is 11.6. The smallest absolute Gasteiger partial charge is 0.352 e. The molecule has 5 nitrogen and oxygen atoms in total. The van der Waals surface area contributed by atoms with Gasteiger partial charge in [-0.3, -0.25) is 0 Å². The van der Waals surface area contributed by atoms with Crippen molar-refractivity contribution in [3.05, 3.63) is 29.0 Å². The number of aromatic carboxylic acids is 1. The van der Waals surface area contributed by atoms with Gasteiger partial charge in [-0.05, 0) is 37.1 Å². The number of benzene rings is 1. The fraction of sp³-hybridized carbons (Fsp3) is 0.182. The van der Waals surface area contributed by atoms with E-state index in [2.05, 4.69) is 4.98 Å². The Morgan fingerprint density at radius 3 is 2.44 bits per heavy atom. The number of rotatable bonds is 2. The van der Waals surface area contributed by atoms with Crippen molar-refractivity contribution in [1.82, 2.24) is 4.98 Å². The number of hydrogen-bond acceptors (Lipinski definition) is 3. The number of aromatic amines is 1. The Hall–Kier alpha value is -1.53. The number of aromatic nitrogens is 1. The lowest BCUT2D eigenvalue weighted by Gasteiger charge is -2.07. The number of halogens is 1. The standard InChI is InChI=1S/C11H10ClNO4S/c1-5-3-8-7(4-9(13-8)11(14)15)10(6(5)2)18(12,16)17/h3-4,13H,1-2H3,(H,14,15). The molecule has 2 N–H and O–H groups in total. The number of nitrogens with one attached hydrogen (secondary N) is 1. The first-order valence-corrected chi connectivity index (χ1v) is 7.33. The molecular formula is C11H10ClNO4S. The quantitative estimate of drug-likeness (QED) is 0.830. The number of carboxylic acids is 1. The van der Waals surface area contributed by atoms with Crippen LogP contribution < -0.4 is 0 Å². The lowest BCUT2D eigenvalue weighted by atomic mass is 10.1. The molecule has 2 aromatic rings. The fourth-order valence-electron chi connectivity index (χ4n) is 1.91. The zero-order chi connectivity index (χ0) is 13.7. The minimum atomic E-state index is -3.94. The van der Waals surface area contributed by atoms with Crippen molar-refractivity contribution in [2.24, 2.45) is 0 Å². The largest absolute Gasteiger partial charge is 0.477 e. The van der Waals surface area contributed by atoms with Gasteiger partial charge >= 0.3 is 5.97 Å². The summed E-state index contributed by atoms with van der Waals surface area (Å²) in [6.07, 6.45) is 0. The molecule has 1 aromatic heterocycles. The molecule has 1 aromatic carbocycles. The Morgan fingerprint density at radius 1 is 1.33 bits per heavy atom. The highest BCUT2D eigenvalue weighted by Gasteiger charge is 2.21. The van der Waals surface area contributed by atoms with E-state index in [-0.39, 0.29) is 10.6 Å². The van der Waals surface area contributed by atoms with Gasteiger partial charge in [-0.25, -0.2) is 13.2 Å². The lowest BCUT2D eigenvalue weighted by molar-refractivity contribution is 0.0691. The molecule has 0 fully saturated rings. The van der Waals surface area contributed by atoms with Crippen LogP contribution in [0.15, 0.2) is 17.0 Å². The van der Waals surface area contributed by atoms with Gasteiger partial charge in [0.1, 0.15) is 5.69 Å². The molecule has 0 unspecified atom stereocenters. The summed E-state index contributed by atoms with van der Waals surface area (Å²) in [5, 5.41) is 9.20. The van der Waals surface area contributed by atoms with Crippen molar-refractivity contribution < 1.29 is 18.3 Å². The van der Waals surface area contributed by atoms with Crippen molar-refractivity contribution in [2.45, 2.75) is 18.7 Å². The van der Waals surface area contributed by atoms with Gasteiger partial charge in [-0.2, -0.15) is 0 Å². The molecule has 0 atom stereocenters. The van der Waals surface area contributed by atoms with Crippen molar-refractivity contribution in [3.8, 4) is 0 Å². The summed E-state index contributed by atoms with van der Waals surface area (Å²) in [5.74, 6) is -1.15. The van der Waals surface area contributed by atoms with E-state index in [1.54, 1.807) is 19.9 Å². The SMILES string of the molecule is Cc1cc2[nH]c(C(=O)O)cc2c(S(=O)(=O)Cl)c1C. The van der Waals surface area contributed by atoms with Crippen LogP contribution in [-0.4, -0.2) is 24.5 Å². The first-order chi connectivity index (χ1) is 8.21. The average Bonchev–Trinajstić information content (AvgIpc) is 2.60. The zero-order valence-electron chi connectivity index (χ0n) is 9.61. The third-order valence-electron chi connectivity index (χ3n) is 2.86. The van der Waals surface area contributed by atoms with Gasteiger partial charge in [-0.1, -0.05) is 0 Å². The summed E-state index contributed by atoms with van der Waals surface area (Å²) in [6, 6.07) is 2.97. The summed E-state index contributed by atoms with van der Waals surface area (Å²) < 4.78 is 23.2. The number of aryl methyl sites for hydroxylation is 1. The maximum Gasteiger partial charge on any atom is 0.352 e. The molecule has 1 heterocycles. The monoisotopic (exact) mass is 287 g/mol. The molecule has 0 amide bonds. The molecule has 0 saturated heterocycles. The molecule has 7 heteroatoms. The Bertz CT molecular complexity index is 761. The van der Waals surface area contributed by atoms with E-state index in [0.29, 0.717) is 16.5 Å². The highest BCUT2D eigenvalue weighted by molar-refractivity contribution is 8.14. The maximum atomic E-state index is 11.6. The molecule has 0 radical (unpaired) electrons. The number of H-pyrrole nitrogens is 1. The Balaban J connectivity index is 2.98. The van der Waals surface area contributed by atoms with Gasteiger partial charge < -0.3 is 10.1 Å². The molecule has 2 rings (SSSR count). The minimum Gasteiger partial charge on any atom is -0.477 e. The third-order valence-corrected chi connectivity index (χ3v) is 4.34. The van der Waals surface area contributed by atoms with Crippen LogP contribution in [0.2, 0.25) is 0 Å². The summed E-state index contributed by atoms with van der Waals surface area (Å²) in [4.78, 5) is 13.5. The van der Waals surface area contributed by atoms with Gasteiger partial charge in [-0.15, -0.1) is 0 Å². The van der Waals surface area contributed by atoms with Gasteiger partial charge in [0, 0.05) is 21.6 Å². The highest BCUT2D eigenvalue weighted by atomic mass is 35.7. The highest BCUT2D eigenvalue weighted by Crippen LogP contribution is 2.31. The van der Waals surface area contributed by atoms with Gasteiger partial charge in [0.05, 0.1) is 4.90 Å².